The molecule has 6 heteroatoms. The third-order valence-electron chi connectivity index (χ3n) is 4.63. The molecule has 3 N–H and O–H groups in total. The second kappa shape index (κ2) is 8.27. The quantitative estimate of drug-likeness (QED) is 0.721. The maximum Gasteiger partial charge on any atom is 0.251 e. The summed E-state index contributed by atoms with van der Waals surface area (Å²) < 4.78 is 0. The highest BCUT2D eigenvalue weighted by Crippen LogP contribution is 2.39. The Labute approximate surface area is 162 Å². The van der Waals surface area contributed by atoms with Crippen molar-refractivity contribution in [2.24, 2.45) is 11.7 Å². The Bertz CT molecular complexity index is 812. The first-order chi connectivity index (χ1) is 12.4. The van der Waals surface area contributed by atoms with Crippen molar-refractivity contribution in [1.29, 1.82) is 0 Å². The topological polar surface area (TPSA) is 72.2 Å². The zero-order valence-electron chi connectivity index (χ0n) is 15.1. The predicted molar refractivity (Wildman–Crippen MR) is 109 cm³/mol. The zero-order valence-corrected chi connectivity index (χ0v) is 16.8. The summed E-state index contributed by atoms with van der Waals surface area (Å²) in [6.07, 6.45) is 3.28. The van der Waals surface area contributed by atoms with Crippen molar-refractivity contribution in [3.8, 4) is 0 Å². The van der Waals surface area contributed by atoms with Gasteiger partial charge in [0.05, 0.1) is 5.56 Å². The summed E-state index contributed by atoms with van der Waals surface area (Å²) in [5.74, 6) is 0.791. The normalized spacial score (nSPS) is 16.2. The Morgan fingerprint density at radius 1 is 1.31 bits per heavy atom. The number of carbonyl (C=O) groups excluding carboxylic acids is 2. The number of hydrogen-bond donors (Lipinski definition) is 2. The Kier molecular flexibility index (Phi) is 6.04. The minimum Gasteiger partial charge on any atom is -0.365 e. The van der Waals surface area contributed by atoms with E-state index in [1.807, 2.05) is 0 Å². The van der Waals surface area contributed by atoms with Crippen LogP contribution in [0.3, 0.4) is 0 Å². The van der Waals surface area contributed by atoms with Crippen molar-refractivity contribution >= 4 is 39.9 Å². The lowest BCUT2D eigenvalue weighted by Gasteiger charge is -2.18. The molecule has 138 valence electrons. The lowest BCUT2D eigenvalue weighted by Crippen LogP contribution is -2.19. The Morgan fingerprint density at radius 3 is 2.73 bits per heavy atom. The number of nitrogens with one attached hydrogen (secondary N) is 1. The maximum atomic E-state index is 12.3. The van der Waals surface area contributed by atoms with E-state index >= 15 is 0 Å². The van der Waals surface area contributed by atoms with Gasteiger partial charge in [-0.2, -0.15) is 0 Å². The van der Waals surface area contributed by atoms with Gasteiger partial charge in [0.1, 0.15) is 5.00 Å². The molecule has 2 amide bonds. The number of nitrogens with two attached hydrogens (primary N) is 1. The minimum absolute atomic E-state index is 0.0706. The molecule has 1 aliphatic carbocycles. The van der Waals surface area contributed by atoms with E-state index in [2.05, 4.69) is 43.4 Å². The molecule has 0 spiro atoms. The van der Waals surface area contributed by atoms with Crippen LogP contribution in [0.5, 0.6) is 0 Å². The van der Waals surface area contributed by atoms with Crippen molar-refractivity contribution in [1.82, 2.24) is 0 Å². The summed E-state index contributed by atoms with van der Waals surface area (Å²) in [6.45, 7) is 4.27. The van der Waals surface area contributed by atoms with Gasteiger partial charge in [0.15, 0.2) is 0 Å². The highest BCUT2D eigenvalue weighted by Gasteiger charge is 2.27. The van der Waals surface area contributed by atoms with Crippen molar-refractivity contribution in [2.45, 2.75) is 44.4 Å². The van der Waals surface area contributed by atoms with E-state index in [0.717, 1.165) is 29.7 Å². The number of carbonyl (C=O) groups is 2. The predicted octanol–water partition coefficient (Wildman–Crippen LogP) is 4.40. The molecular weight excluding hydrogens is 364 g/mol. The van der Waals surface area contributed by atoms with Gasteiger partial charge in [-0.1, -0.05) is 24.6 Å². The van der Waals surface area contributed by atoms with E-state index in [1.165, 1.54) is 21.8 Å². The molecule has 1 atom stereocenters. The van der Waals surface area contributed by atoms with Gasteiger partial charge in [-0.05, 0) is 49.8 Å². The number of hydrogen-bond acceptors (Lipinski definition) is 4. The molecule has 1 aromatic carbocycles. The van der Waals surface area contributed by atoms with Crippen LogP contribution in [0, 0.1) is 12.8 Å². The first-order valence-electron chi connectivity index (χ1n) is 8.87. The lowest BCUT2D eigenvalue weighted by molar-refractivity contribution is -0.115. The monoisotopic (exact) mass is 388 g/mol. The summed E-state index contributed by atoms with van der Waals surface area (Å²) in [6, 6.07) is 8.27. The molecule has 4 nitrogen and oxygen atoms in total. The van der Waals surface area contributed by atoms with Crippen LogP contribution in [-0.2, 0) is 17.6 Å². The third kappa shape index (κ3) is 4.48. The lowest BCUT2D eigenvalue weighted by atomic mass is 9.88. The highest BCUT2D eigenvalue weighted by molar-refractivity contribution is 7.99. The molecule has 1 aromatic heterocycles. The second-order valence-electron chi connectivity index (χ2n) is 6.88. The first-order valence-corrected chi connectivity index (χ1v) is 10.7. The number of primary amides is 1. The van der Waals surface area contributed by atoms with E-state index < -0.39 is 5.91 Å². The third-order valence-corrected chi connectivity index (χ3v) is 6.81. The molecule has 1 aliphatic rings. The Balaban J connectivity index is 1.62. The molecule has 3 rings (SSSR count). The van der Waals surface area contributed by atoms with Crippen LogP contribution >= 0.6 is 23.1 Å². The van der Waals surface area contributed by atoms with Crippen LogP contribution in [0.25, 0.3) is 0 Å². The minimum atomic E-state index is -0.443. The van der Waals surface area contributed by atoms with Crippen LogP contribution in [0.4, 0.5) is 5.00 Å². The van der Waals surface area contributed by atoms with Crippen LogP contribution < -0.4 is 11.1 Å². The molecule has 0 fully saturated rings. The second-order valence-corrected chi connectivity index (χ2v) is 9.15. The van der Waals surface area contributed by atoms with E-state index in [4.69, 9.17) is 5.73 Å². The van der Waals surface area contributed by atoms with Gasteiger partial charge in [-0.25, -0.2) is 0 Å². The summed E-state index contributed by atoms with van der Waals surface area (Å²) in [5, 5.41) is 3.55. The van der Waals surface area contributed by atoms with Crippen LogP contribution in [-0.4, -0.2) is 17.6 Å². The molecule has 1 unspecified atom stereocenters. The van der Waals surface area contributed by atoms with Gasteiger partial charge in [-0.15, -0.1) is 23.1 Å². The van der Waals surface area contributed by atoms with Gasteiger partial charge < -0.3 is 11.1 Å². The van der Waals surface area contributed by atoms with Crippen LogP contribution in [0.15, 0.2) is 29.2 Å². The average Bonchev–Trinajstić information content (AvgIpc) is 2.93. The number of aryl methyl sites for hydroxylation is 1. The smallest absolute Gasteiger partial charge is 0.251 e. The summed E-state index contributed by atoms with van der Waals surface area (Å²) in [4.78, 5) is 26.6. The van der Waals surface area contributed by atoms with E-state index in [0.29, 0.717) is 28.7 Å². The highest BCUT2D eigenvalue weighted by atomic mass is 32.2. The molecule has 1 heterocycles. The van der Waals surface area contributed by atoms with Gasteiger partial charge in [0.25, 0.3) is 5.91 Å². The molecule has 0 saturated carbocycles. The number of rotatable bonds is 6. The van der Waals surface area contributed by atoms with Crippen LogP contribution in [0.2, 0.25) is 0 Å². The maximum absolute atomic E-state index is 12.3. The number of thiophene rings is 1. The summed E-state index contributed by atoms with van der Waals surface area (Å²) >= 11 is 3.17. The van der Waals surface area contributed by atoms with Gasteiger partial charge in [-0.3, -0.25) is 9.59 Å². The number of anilines is 1. The summed E-state index contributed by atoms with van der Waals surface area (Å²) in [7, 11) is 0. The van der Waals surface area contributed by atoms with Gasteiger partial charge in [0.2, 0.25) is 5.91 Å². The largest absolute Gasteiger partial charge is 0.365 e. The van der Waals surface area contributed by atoms with E-state index in [1.54, 1.807) is 11.8 Å². The molecule has 26 heavy (non-hydrogen) atoms. The number of benzene rings is 1. The molecule has 0 radical (unpaired) electrons. The molecule has 0 bridgehead atoms. The summed E-state index contributed by atoms with van der Waals surface area (Å²) in [5.41, 5.74) is 8.39. The molecule has 0 aliphatic heterocycles. The van der Waals surface area contributed by atoms with Gasteiger partial charge >= 0.3 is 0 Å². The zero-order chi connectivity index (χ0) is 18.7. The molecular formula is C20H24N2O2S2. The molecule has 0 saturated heterocycles. The number of fused-ring (bicyclic) bond motifs is 1. The number of amides is 2. The SMILES string of the molecule is Cc1ccc(SCCC(=O)Nc2sc3c(c2C(N)=O)CCC(C)C3)cc1. The standard InChI is InChI=1S/C20H24N2O2S2/c1-12-3-6-14(7-4-12)25-10-9-17(23)22-20-18(19(21)24)15-8-5-13(2)11-16(15)26-20/h3-4,6-7,13H,5,8-11H2,1-2H3,(H2,21,24)(H,22,23). The fourth-order valence-corrected chi connectivity index (χ4v) is 5.47. The Hall–Kier alpha value is -1.79. The van der Waals surface area contributed by atoms with Crippen molar-refractivity contribution in [3.63, 3.8) is 0 Å². The molecule has 2 aromatic rings. The van der Waals surface area contributed by atoms with Crippen LogP contribution in [0.1, 0.15) is 46.1 Å². The van der Waals surface area contributed by atoms with E-state index in [9.17, 15) is 9.59 Å². The van der Waals surface area contributed by atoms with E-state index in [-0.39, 0.29) is 5.91 Å². The fraction of sp³-hybridized carbons (Fsp3) is 0.400. The Morgan fingerprint density at radius 2 is 2.04 bits per heavy atom. The van der Waals surface area contributed by atoms with Crippen molar-refractivity contribution in [3.05, 3.63) is 45.8 Å². The number of thioether (sulfide) groups is 1. The average molecular weight is 389 g/mol. The van der Waals surface area contributed by atoms with Crippen molar-refractivity contribution in [2.75, 3.05) is 11.1 Å². The van der Waals surface area contributed by atoms with Gasteiger partial charge in [0, 0.05) is 21.9 Å². The first kappa shape index (κ1) is 19.0. The van der Waals surface area contributed by atoms with Crippen molar-refractivity contribution < 1.29 is 9.59 Å². The fourth-order valence-electron chi connectivity index (χ4n) is 3.18.